The summed E-state index contributed by atoms with van der Waals surface area (Å²) >= 11 is 1.74. The quantitative estimate of drug-likeness (QED) is 0.570. The summed E-state index contributed by atoms with van der Waals surface area (Å²) in [4.78, 5) is 28.1. The van der Waals surface area contributed by atoms with Gasteiger partial charge in [0.2, 0.25) is 0 Å². The van der Waals surface area contributed by atoms with Crippen molar-refractivity contribution in [3.8, 4) is 11.5 Å². The number of nitrogens with one attached hydrogen (secondary N) is 1. The number of pyridine rings is 1. The molecule has 0 radical (unpaired) electrons. The molecule has 1 N–H and O–H groups in total. The molecule has 2 heterocycles. The minimum Gasteiger partial charge on any atom is -0.493 e. The summed E-state index contributed by atoms with van der Waals surface area (Å²) in [5.74, 6) is 0.783. The third-order valence-corrected chi connectivity index (χ3v) is 7.24. The minimum atomic E-state index is -0.180. The average Bonchev–Trinajstić information content (AvgIpc) is 3.40. The van der Waals surface area contributed by atoms with Crippen LogP contribution in [0.25, 0.3) is 10.8 Å². The Balaban J connectivity index is 1.86. The van der Waals surface area contributed by atoms with Crippen molar-refractivity contribution in [2.75, 3.05) is 14.2 Å². The van der Waals surface area contributed by atoms with Gasteiger partial charge in [0.25, 0.3) is 11.5 Å². The van der Waals surface area contributed by atoms with Gasteiger partial charge < -0.3 is 19.4 Å². The van der Waals surface area contributed by atoms with Gasteiger partial charge in [-0.2, -0.15) is 0 Å². The van der Waals surface area contributed by atoms with Crippen LogP contribution >= 0.6 is 11.3 Å². The predicted molar refractivity (Wildman–Crippen MR) is 124 cm³/mol. The van der Waals surface area contributed by atoms with E-state index in [-0.39, 0.29) is 23.6 Å². The Morgan fingerprint density at radius 1 is 1.19 bits per heavy atom. The maximum absolute atomic E-state index is 13.5. The van der Waals surface area contributed by atoms with Crippen molar-refractivity contribution in [2.45, 2.75) is 51.6 Å². The van der Waals surface area contributed by atoms with Gasteiger partial charge in [0.15, 0.2) is 11.5 Å². The maximum atomic E-state index is 13.5. The van der Waals surface area contributed by atoms with Crippen molar-refractivity contribution < 1.29 is 14.3 Å². The van der Waals surface area contributed by atoms with Gasteiger partial charge in [0.1, 0.15) is 0 Å². The molecule has 3 aromatic rings. The van der Waals surface area contributed by atoms with E-state index in [4.69, 9.17) is 9.47 Å². The lowest BCUT2D eigenvalue weighted by molar-refractivity contribution is 0.0937. The number of methoxy groups -OCH3 is 2. The first-order valence-electron chi connectivity index (χ1n) is 10.7. The first-order valence-corrected chi connectivity index (χ1v) is 11.6. The number of thiophene rings is 1. The number of aryl methyl sites for hydroxylation is 1. The number of rotatable bonds is 7. The van der Waals surface area contributed by atoms with Crippen LogP contribution in [0.1, 0.15) is 66.0 Å². The van der Waals surface area contributed by atoms with E-state index in [9.17, 15) is 9.59 Å². The van der Waals surface area contributed by atoms with Crippen molar-refractivity contribution in [3.63, 3.8) is 0 Å². The van der Waals surface area contributed by atoms with E-state index in [1.165, 1.54) is 17.6 Å². The molecule has 1 unspecified atom stereocenters. The molecule has 0 saturated carbocycles. The Bertz CT molecular complexity index is 1180. The summed E-state index contributed by atoms with van der Waals surface area (Å²) < 4.78 is 12.6. The van der Waals surface area contributed by atoms with Gasteiger partial charge >= 0.3 is 0 Å². The first-order chi connectivity index (χ1) is 15.0. The molecule has 1 aliphatic rings. The number of carbonyl (C=O) groups excluding carboxylic acids is 1. The molecule has 31 heavy (non-hydrogen) atoms. The molecular weight excluding hydrogens is 412 g/mol. The fraction of sp³-hybridized carbons (Fsp3) is 0.417. The standard InChI is InChI=1S/C24H28N2O4S/c1-5-14(6-2)26-13-18(23(27)25-19-7-8-22-15(19)9-10-31-22)16-11-20(29-3)21(30-4)12-17(16)24(26)28/h9-14,19H,5-8H2,1-4H3,(H,25,27). The minimum absolute atomic E-state index is 0.00234. The van der Waals surface area contributed by atoms with Crippen LogP contribution in [-0.2, 0) is 6.42 Å². The van der Waals surface area contributed by atoms with E-state index in [0.717, 1.165) is 25.7 Å². The van der Waals surface area contributed by atoms with Gasteiger partial charge in [-0.05, 0) is 54.8 Å². The SMILES string of the molecule is CCC(CC)n1cc(C(=O)NC2CCc3sccc32)c2cc(OC)c(OC)cc2c1=O. The number of fused-ring (bicyclic) bond motifs is 2. The van der Waals surface area contributed by atoms with Crippen LogP contribution < -0.4 is 20.3 Å². The Labute approximate surface area is 185 Å². The molecule has 1 amide bonds. The number of amides is 1. The largest absolute Gasteiger partial charge is 0.493 e. The zero-order chi connectivity index (χ0) is 22.1. The van der Waals surface area contributed by atoms with Crippen LogP contribution in [0.15, 0.2) is 34.6 Å². The molecule has 1 aromatic carbocycles. The number of ether oxygens (including phenoxy) is 2. The molecule has 7 heteroatoms. The zero-order valence-corrected chi connectivity index (χ0v) is 19.2. The summed E-state index contributed by atoms with van der Waals surface area (Å²) in [7, 11) is 3.09. The molecule has 4 rings (SSSR count). The lowest BCUT2D eigenvalue weighted by Gasteiger charge is -2.21. The van der Waals surface area contributed by atoms with Crippen molar-refractivity contribution in [1.82, 2.24) is 9.88 Å². The number of nitrogens with zero attached hydrogens (tertiary/aromatic N) is 1. The second-order valence-corrected chi connectivity index (χ2v) is 8.84. The maximum Gasteiger partial charge on any atom is 0.258 e. The highest BCUT2D eigenvalue weighted by Crippen LogP contribution is 2.36. The number of hydrogen-bond donors (Lipinski definition) is 1. The molecule has 0 bridgehead atoms. The van der Waals surface area contributed by atoms with Crippen molar-refractivity contribution in [3.05, 3.63) is 56.1 Å². The summed E-state index contributed by atoms with van der Waals surface area (Å²) in [5.41, 5.74) is 1.56. The lowest BCUT2D eigenvalue weighted by Crippen LogP contribution is -2.31. The topological polar surface area (TPSA) is 69.6 Å². The van der Waals surface area contributed by atoms with Gasteiger partial charge in [-0.3, -0.25) is 9.59 Å². The number of aromatic nitrogens is 1. The molecule has 0 saturated heterocycles. The molecule has 164 valence electrons. The van der Waals surface area contributed by atoms with Crippen LogP contribution in [0, 0.1) is 0 Å². The smallest absolute Gasteiger partial charge is 0.258 e. The second kappa shape index (κ2) is 8.75. The van der Waals surface area contributed by atoms with E-state index in [2.05, 4.69) is 30.6 Å². The van der Waals surface area contributed by atoms with Crippen LogP contribution in [0.5, 0.6) is 11.5 Å². The summed E-state index contributed by atoms with van der Waals surface area (Å²) in [6, 6.07) is 5.52. The van der Waals surface area contributed by atoms with Gasteiger partial charge in [0.05, 0.1) is 31.2 Å². The van der Waals surface area contributed by atoms with Crippen molar-refractivity contribution >= 4 is 28.0 Å². The Morgan fingerprint density at radius 2 is 1.87 bits per heavy atom. The van der Waals surface area contributed by atoms with Crippen LogP contribution in [0.4, 0.5) is 0 Å². The van der Waals surface area contributed by atoms with E-state index >= 15 is 0 Å². The normalized spacial score (nSPS) is 15.3. The Morgan fingerprint density at radius 3 is 2.52 bits per heavy atom. The number of carbonyl (C=O) groups is 1. The molecule has 1 aliphatic carbocycles. The van der Waals surface area contributed by atoms with E-state index in [1.54, 1.807) is 41.3 Å². The third-order valence-electron chi connectivity index (χ3n) is 6.25. The monoisotopic (exact) mass is 440 g/mol. The van der Waals surface area contributed by atoms with Crippen molar-refractivity contribution in [1.29, 1.82) is 0 Å². The van der Waals surface area contributed by atoms with Gasteiger partial charge in [-0.15, -0.1) is 11.3 Å². The van der Waals surface area contributed by atoms with Crippen LogP contribution in [0.2, 0.25) is 0 Å². The average molecular weight is 441 g/mol. The molecular formula is C24H28N2O4S. The van der Waals surface area contributed by atoms with Gasteiger partial charge in [-0.25, -0.2) is 0 Å². The number of benzene rings is 1. The third kappa shape index (κ3) is 3.71. The van der Waals surface area contributed by atoms with E-state index in [1.807, 2.05) is 0 Å². The second-order valence-electron chi connectivity index (χ2n) is 7.84. The highest BCUT2D eigenvalue weighted by Gasteiger charge is 2.27. The fourth-order valence-corrected chi connectivity index (χ4v) is 5.46. The Hall–Kier alpha value is -2.80. The zero-order valence-electron chi connectivity index (χ0n) is 18.4. The summed E-state index contributed by atoms with van der Waals surface area (Å²) in [6.07, 6.45) is 5.20. The fourth-order valence-electron chi connectivity index (χ4n) is 4.50. The van der Waals surface area contributed by atoms with Crippen LogP contribution in [-0.4, -0.2) is 24.7 Å². The molecule has 2 aromatic heterocycles. The molecule has 0 aliphatic heterocycles. The molecule has 0 fully saturated rings. The van der Waals surface area contributed by atoms with Crippen LogP contribution in [0.3, 0.4) is 0 Å². The van der Waals surface area contributed by atoms with E-state index < -0.39 is 0 Å². The highest BCUT2D eigenvalue weighted by molar-refractivity contribution is 7.10. The molecule has 0 spiro atoms. The summed E-state index contributed by atoms with van der Waals surface area (Å²) in [6.45, 7) is 4.10. The molecule has 6 nitrogen and oxygen atoms in total. The number of hydrogen-bond acceptors (Lipinski definition) is 5. The van der Waals surface area contributed by atoms with E-state index in [0.29, 0.717) is 27.8 Å². The first kappa shape index (κ1) is 21.4. The lowest BCUT2D eigenvalue weighted by atomic mass is 10.0. The van der Waals surface area contributed by atoms with Gasteiger partial charge in [-0.1, -0.05) is 13.8 Å². The van der Waals surface area contributed by atoms with Crippen molar-refractivity contribution in [2.24, 2.45) is 0 Å². The Kier molecular flexibility index (Phi) is 6.05. The molecule has 1 atom stereocenters. The summed E-state index contributed by atoms with van der Waals surface area (Å²) in [5, 5.41) is 6.30. The van der Waals surface area contributed by atoms with Gasteiger partial charge in [0, 0.05) is 22.5 Å². The predicted octanol–water partition coefficient (Wildman–Crippen LogP) is 4.86. The highest BCUT2D eigenvalue weighted by atomic mass is 32.1.